The maximum Gasteiger partial charge on any atom is 0.0962 e. The van der Waals surface area contributed by atoms with E-state index in [0.717, 1.165) is 11.1 Å². The van der Waals surface area contributed by atoms with Crippen LogP contribution >= 0.6 is 22.6 Å². The number of nitrogens with zero attached hydrogens (tertiary/aromatic N) is 1. The second kappa shape index (κ2) is 5.13. The van der Waals surface area contributed by atoms with Gasteiger partial charge in [-0.1, -0.05) is 42.5 Å². The third-order valence-electron chi connectivity index (χ3n) is 2.47. The lowest BCUT2D eigenvalue weighted by Gasteiger charge is -2.09. The smallest absolute Gasteiger partial charge is 0.0962 e. The third-order valence-corrected chi connectivity index (χ3v) is 3.18. The van der Waals surface area contributed by atoms with Gasteiger partial charge in [-0.15, -0.1) is 0 Å². The van der Waals surface area contributed by atoms with Gasteiger partial charge in [0.25, 0.3) is 0 Å². The van der Waals surface area contributed by atoms with Crippen LogP contribution in [0, 0.1) is 14.9 Å². The second-order valence-corrected chi connectivity index (χ2v) is 4.77. The predicted molar refractivity (Wildman–Crippen MR) is 73.1 cm³/mol. The fourth-order valence-electron chi connectivity index (χ4n) is 1.64. The molecule has 0 aliphatic rings. The molecule has 1 atom stereocenters. The van der Waals surface area contributed by atoms with Crippen LogP contribution in [0.4, 0.5) is 0 Å². The minimum Gasteiger partial charge on any atom is -0.197 e. The van der Waals surface area contributed by atoms with E-state index in [0.29, 0.717) is 0 Å². The van der Waals surface area contributed by atoms with Crippen LogP contribution in [-0.4, -0.2) is 0 Å². The van der Waals surface area contributed by atoms with E-state index in [1.807, 2.05) is 54.6 Å². The summed E-state index contributed by atoms with van der Waals surface area (Å²) in [6.07, 6.45) is 0. The van der Waals surface area contributed by atoms with E-state index in [1.165, 1.54) is 3.57 Å². The standard InChI is InChI=1S/C14H10IN/c15-13-8-6-12(7-9-13)14(10-16)11-4-2-1-3-5-11/h1-9,14H. The highest BCUT2D eigenvalue weighted by Gasteiger charge is 2.12. The summed E-state index contributed by atoms with van der Waals surface area (Å²) in [7, 11) is 0. The van der Waals surface area contributed by atoms with Crippen molar-refractivity contribution < 1.29 is 0 Å². The Morgan fingerprint density at radius 2 is 1.44 bits per heavy atom. The van der Waals surface area contributed by atoms with E-state index in [1.54, 1.807) is 0 Å². The van der Waals surface area contributed by atoms with Gasteiger partial charge in [-0.05, 0) is 45.9 Å². The second-order valence-electron chi connectivity index (χ2n) is 3.52. The van der Waals surface area contributed by atoms with Gasteiger partial charge in [0.2, 0.25) is 0 Å². The van der Waals surface area contributed by atoms with Crippen molar-refractivity contribution in [3.8, 4) is 6.07 Å². The summed E-state index contributed by atoms with van der Waals surface area (Å²) in [4.78, 5) is 0. The molecule has 0 amide bonds. The molecule has 0 spiro atoms. The summed E-state index contributed by atoms with van der Waals surface area (Å²) >= 11 is 2.26. The Balaban J connectivity index is 2.38. The van der Waals surface area contributed by atoms with Gasteiger partial charge >= 0.3 is 0 Å². The first-order chi connectivity index (χ1) is 7.81. The zero-order valence-electron chi connectivity index (χ0n) is 8.60. The highest BCUT2D eigenvalue weighted by Crippen LogP contribution is 2.24. The Hall–Kier alpha value is -1.34. The molecule has 2 aromatic rings. The number of hydrogen-bond acceptors (Lipinski definition) is 1. The molecule has 0 aromatic heterocycles. The molecule has 0 saturated heterocycles. The molecule has 0 heterocycles. The van der Waals surface area contributed by atoms with Gasteiger partial charge in [0, 0.05) is 3.57 Å². The zero-order valence-corrected chi connectivity index (χ0v) is 10.8. The highest BCUT2D eigenvalue weighted by molar-refractivity contribution is 14.1. The van der Waals surface area contributed by atoms with Crippen LogP contribution in [0.15, 0.2) is 54.6 Å². The Morgan fingerprint density at radius 1 is 0.875 bits per heavy atom. The van der Waals surface area contributed by atoms with E-state index >= 15 is 0 Å². The summed E-state index contributed by atoms with van der Waals surface area (Å²) in [5, 5.41) is 9.25. The topological polar surface area (TPSA) is 23.8 Å². The molecule has 0 N–H and O–H groups in total. The predicted octanol–water partition coefficient (Wildman–Crippen LogP) is 3.95. The summed E-state index contributed by atoms with van der Waals surface area (Å²) < 4.78 is 1.19. The van der Waals surface area contributed by atoms with Crippen LogP contribution in [0.2, 0.25) is 0 Å². The Bertz CT molecular complexity index is 497. The summed E-state index contributed by atoms with van der Waals surface area (Å²) in [5.41, 5.74) is 2.10. The van der Waals surface area contributed by atoms with E-state index in [-0.39, 0.29) is 5.92 Å². The summed E-state index contributed by atoms with van der Waals surface area (Å²) in [6.45, 7) is 0. The number of hydrogen-bond donors (Lipinski definition) is 0. The maximum atomic E-state index is 9.25. The fraction of sp³-hybridized carbons (Fsp3) is 0.0714. The van der Waals surface area contributed by atoms with Crippen molar-refractivity contribution in [1.82, 2.24) is 0 Å². The molecule has 0 aliphatic heterocycles. The van der Waals surface area contributed by atoms with Crippen LogP contribution in [0.25, 0.3) is 0 Å². The molecule has 1 unspecified atom stereocenters. The number of halogens is 1. The molecule has 2 heteroatoms. The third kappa shape index (κ3) is 2.42. The van der Waals surface area contributed by atoms with Gasteiger partial charge in [0.05, 0.1) is 12.0 Å². The van der Waals surface area contributed by atoms with Crippen molar-refractivity contribution in [2.45, 2.75) is 5.92 Å². The minimum atomic E-state index is -0.168. The molecule has 16 heavy (non-hydrogen) atoms. The Labute approximate surface area is 109 Å². The lowest BCUT2D eigenvalue weighted by Crippen LogP contribution is -1.97. The van der Waals surface area contributed by atoms with Crippen molar-refractivity contribution in [1.29, 1.82) is 5.26 Å². The molecule has 2 rings (SSSR count). The molecule has 0 aliphatic carbocycles. The first-order valence-corrected chi connectivity index (χ1v) is 6.09. The highest BCUT2D eigenvalue weighted by atomic mass is 127. The Kier molecular flexibility index (Phi) is 3.58. The van der Waals surface area contributed by atoms with Gasteiger partial charge in [-0.3, -0.25) is 0 Å². The molecule has 1 nitrogen and oxygen atoms in total. The zero-order chi connectivity index (χ0) is 11.4. The largest absolute Gasteiger partial charge is 0.197 e. The number of benzene rings is 2. The van der Waals surface area contributed by atoms with E-state index < -0.39 is 0 Å². The lowest BCUT2D eigenvalue weighted by atomic mass is 9.93. The van der Waals surface area contributed by atoms with Crippen LogP contribution in [0.5, 0.6) is 0 Å². The summed E-state index contributed by atoms with van der Waals surface area (Å²) in [6, 6.07) is 20.3. The minimum absolute atomic E-state index is 0.168. The first kappa shape index (κ1) is 11.2. The van der Waals surface area contributed by atoms with Crippen LogP contribution in [0.3, 0.4) is 0 Å². The van der Waals surface area contributed by atoms with Crippen molar-refractivity contribution >= 4 is 22.6 Å². The van der Waals surface area contributed by atoms with Gasteiger partial charge < -0.3 is 0 Å². The van der Waals surface area contributed by atoms with Gasteiger partial charge in [0.15, 0.2) is 0 Å². The molecular formula is C14H10IN. The molecule has 0 bridgehead atoms. The fourth-order valence-corrected chi connectivity index (χ4v) is 2.00. The molecule has 2 aromatic carbocycles. The first-order valence-electron chi connectivity index (χ1n) is 5.01. The van der Waals surface area contributed by atoms with Crippen molar-refractivity contribution in [3.63, 3.8) is 0 Å². The average molecular weight is 319 g/mol. The lowest BCUT2D eigenvalue weighted by molar-refractivity contribution is 1.04. The van der Waals surface area contributed by atoms with E-state index in [4.69, 9.17) is 0 Å². The Morgan fingerprint density at radius 3 is 2.00 bits per heavy atom. The van der Waals surface area contributed by atoms with E-state index in [9.17, 15) is 5.26 Å². The van der Waals surface area contributed by atoms with Gasteiger partial charge in [-0.2, -0.15) is 5.26 Å². The van der Waals surface area contributed by atoms with Gasteiger partial charge in [-0.25, -0.2) is 0 Å². The van der Waals surface area contributed by atoms with Crippen LogP contribution in [0.1, 0.15) is 17.0 Å². The average Bonchev–Trinajstić information content (AvgIpc) is 2.34. The van der Waals surface area contributed by atoms with Crippen molar-refractivity contribution in [3.05, 3.63) is 69.3 Å². The monoisotopic (exact) mass is 319 g/mol. The SMILES string of the molecule is N#CC(c1ccccc1)c1ccc(I)cc1. The quantitative estimate of drug-likeness (QED) is 0.769. The molecule has 0 fully saturated rings. The van der Waals surface area contributed by atoms with Crippen LogP contribution < -0.4 is 0 Å². The maximum absolute atomic E-state index is 9.25. The summed E-state index contributed by atoms with van der Waals surface area (Å²) in [5.74, 6) is -0.168. The molecular weight excluding hydrogens is 309 g/mol. The van der Waals surface area contributed by atoms with Crippen molar-refractivity contribution in [2.24, 2.45) is 0 Å². The molecule has 78 valence electrons. The number of rotatable bonds is 2. The normalized spacial score (nSPS) is 11.8. The molecule has 0 radical (unpaired) electrons. The molecule has 0 saturated carbocycles. The van der Waals surface area contributed by atoms with Gasteiger partial charge in [0.1, 0.15) is 0 Å². The van der Waals surface area contributed by atoms with Crippen molar-refractivity contribution in [2.75, 3.05) is 0 Å². The van der Waals surface area contributed by atoms with Crippen LogP contribution in [-0.2, 0) is 0 Å². The van der Waals surface area contributed by atoms with E-state index in [2.05, 4.69) is 28.7 Å². The number of nitriles is 1.